The Morgan fingerprint density at radius 3 is 2.50 bits per heavy atom. The molecule has 0 bridgehead atoms. The molecule has 0 spiro atoms. The van der Waals surface area contributed by atoms with Crippen molar-refractivity contribution in [3.05, 3.63) is 28.8 Å². The molecular formula is C13H13F3O3S. The second-order valence-electron chi connectivity index (χ2n) is 5.40. The summed E-state index contributed by atoms with van der Waals surface area (Å²) in [6.45, 7) is 1.89. The predicted octanol–water partition coefficient (Wildman–Crippen LogP) is 3.27. The van der Waals surface area contributed by atoms with Crippen molar-refractivity contribution in [2.75, 3.05) is 0 Å². The molecule has 1 aromatic carbocycles. The normalized spacial score (nSPS) is 24.8. The summed E-state index contributed by atoms with van der Waals surface area (Å²) in [6, 6.07) is 2.95. The van der Waals surface area contributed by atoms with Gasteiger partial charge in [0.05, 0.1) is 0 Å². The van der Waals surface area contributed by atoms with Crippen LogP contribution in [0.2, 0.25) is 0 Å². The zero-order chi connectivity index (χ0) is 14.7. The van der Waals surface area contributed by atoms with Crippen LogP contribution in [0.3, 0.4) is 0 Å². The van der Waals surface area contributed by atoms with E-state index in [2.05, 4.69) is 4.18 Å². The molecule has 0 amide bonds. The van der Waals surface area contributed by atoms with Crippen LogP contribution in [0, 0.1) is 12.8 Å². The van der Waals surface area contributed by atoms with Crippen molar-refractivity contribution in [3.8, 4) is 5.75 Å². The summed E-state index contributed by atoms with van der Waals surface area (Å²) < 4.78 is 63.8. The highest BCUT2D eigenvalue weighted by Crippen LogP contribution is 2.54. The number of benzene rings is 1. The Morgan fingerprint density at radius 1 is 1.25 bits per heavy atom. The maximum atomic E-state index is 12.4. The van der Waals surface area contributed by atoms with E-state index >= 15 is 0 Å². The summed E-state index contributed by atoms with van der Waals surface area (Å²) in [6.07, 6.45) is 2.64. The van der Waals surface area contributed by atoms with Crippen molar-refractivity contribution < 1.29 is 25.8 Å². The highest BCUT2D eigenvalue weighted by molar-refractivity contribution is 7.88. The van der Waals surface area contributed by atoms with Crippen LogP contribution in [0.1, 0.15) is 35.4 Å². The predicted molar refractivity (Wildman–Crippen MR) is 66.0 cm³/mol. The van der Waals surface area contributed by atoms with E-state index in [-0.39, 0.29) is 5.75 Å². The first-order valence-electron chi connectivity index (χ1n) is 6.34. The van der Waals surface area contributed by atoms with Gasteiger partial charge in [0.25, 0.3) is 0 Å². The van der Waals surface area contributed by atoms with Crippen LogP contribution >= 0.6 is 0 Å². The number of hydrogen-bond acceptors (Lipinski definition) is 3. The van der Waals surface area contributed by atoms with Gasteiger partial charge in [0, 0.05) is 0 Å². The third-order valence-electron chi connectivity index (χ3n) is 4.27. The molecule has 0 saturated heterocycles. The molecule has 3 rings (SSSR count). The molecule has 2 unspecified atom stereocenters. The van der Waals surface area contributed by atoms with E-state index in [1.54, 1.807) is 6.07 Å². The second kappa shape index (κ2) is 4.13. The van der Waals surface area contributed by atoms with Gasteiger partial charge in [0.2, 0.25) is 0 Å². The molecule has 0 aliphatic heterocycles. The average Bonchev–Trinajstić information content (AvgIpc) is 2.54. The Hall–Kier alpha value is -1.24. The van der Waals surface area contributed by atoms with Crippen LogP contribution in [0.5, 0.6) is 5.75 Å². The van der Waals surface area contributed by atoms with Crippen LogP contribution in [-0.2, 0) is 16.5 Å². The Balaban J connectivity index is 2.02. The Labute approximate surface area is 114 Å². The van der Waals surface area contributed by atoms with Crippen molar-refractivity contribution in [2.45, 2.75) is 37.6 Å². The summed E-state index contributed by atoms with van der Waals surface area (Å²) in [7, 11) is -5.60. The molecule has 2 atom stereocenters. The Kier molecular flexibility index (Phi) is 2.83. The van der Waals surface area contributed by atoms with Crippen LogP contribution in [0.15, 0.2) is 12.1 Å². The zero-order valence-electron chi connectivity index (χ0n) is 10.7. The van der Waals surface area contributed by atoms with Gasteiger partial charge in [-0.1, -0.05) is 6.07 Å². The summed E-state index contributed by atoms with van der Waals surface area (Å²) in [4.78, 5) is 0. The smallest absolute Gasteiger partial charge is 0.376 e. The van der Waals surface area contributed by atoms with E-state index in [9.17, 15) is 21.6 Å². The number of fused-ring (bicyclic) bond motifs is 3. The molecule has 1 aromatic rings. The highest BCUT2D eigenvalue weighted by atomic mass is 32.2. The minimum Gasteiger partial charge on any atom is -0.376 e. The monoisotopic (exact) mass is 306 g/mol. The van der Waals surface area contributed by atoms with Crippen molar-refractivity contribution in [1.29, 1.82) is 0 Å². The van der Waals surface area contributed by atoms with Crippen molar-refractivity contribution in [2.24, 2.45) is 5.92 Å². The van der Waals surface area contributed by atoms with E-state index < -0.39 is 15.6 Å². The molecule has 0 N–H and O–H groups in total. The number of rotatable bonds is 2. The maximum Gasteiger partial charge on any atom is 0.534 e. The lowest BCUT2D eigenvalue weighted by molar-refractivity contribution is -0.0500. The van der Waals surface area contributed by atoms with Gasteiger partial charge in [-0.15, -0.1) is 0 Å². The molecule has 0 aromatic heterocycles. The lowest BCUT2D eigenvalue weighted by Gasteiger charge is -2.31. The first-order chi connectivity index (χ1) is 9.21. The molecular weight excluding hydrogens is 293 g/mol. The summed E-state index contributed by atoms with van der Waals surface area (Å²) >= 11 is 0. The lowest BCUT2D eigenvalue weighted by atomic mass is 9.73. The molecule has 20 heavy (non-hydrogen) atoms. The van der Waals surface area contributed by atoms with Gasteiger partial charge in [-0.05, 0) is 60.8 Å². The summed E-state index contributed by atoms with van der Waals surface area (Å²) in [5.41, 5.74) is -2.80. The Morgan fingerprint density at radius 2 is 1.95 bits per heavy atom. The van der Waals surface area contributed by atoms with Crippen LogP contribution in [0.25, 0.3) is 0 Å². The first kappa shape index (κ1) is 13.7. The maximum absolute atomic E-state index is 12.4. The topological polar surface area (TPSA) is 43.4 Å². The molecule has 2 aliphatic carbocycles. The van der Waals surface area contributed by atoms with Crippen LogP contribution < -0.4 is 4.18 Å². The molecule has 3 nitrogen and oxygen atoms in total. The van der Waals surface area contributed by atoms with Crippen molar-refractivity contribution in [3.63, 3.8) is 0 Å². The molecule has 1 fully saturated rings. The molecule has 110 valence electrons. The van der Waals surface area contributed by atoms with E-state index in [1.807, 2.05) is 6.92 Å². The van der Waals surface area contributed by atoms with Crippen molar-refractivity contribution >= 4 is 10.1 Å². The van der Waals surface area contributed by atoms with Gasteiger partial charge < -0.3 is 4.18 Å². The molecule has 0 radical (unpaired) electrons. The van der Waals surface area contributed by atoms with Gasteiger partial charge >= 0.3 is 15.6 Å². The Bertz CT molecular complexity index is 664. The molecule has 7 heteroatoms. The number of alkyl halides is 3. The zero-order valence-corrected chi connectivity index (χ0v) is 11.5. The third kappa shape index (κ3) is 1.90. The summed E-state index contributed by atoms with van der Waals surface area (Å²) in [5.74, 6) is 0.599. The van der Waals surface area contributed by atoms with Gasteiger partial charge in [-0.25, -0.2) is 0 Å². The van der Waals surface area contributed by atoms with E-state index in [1.165, 1.54) is 6.07 Å². The van der Waals surface area contributed by atoms with Crippen LogP contribution in [-0.4, -0.2) is 13.9 Å². The van der Waals surface area contributed by atoms with E-state index in [0.29, 0.717) is 23.8 Å². The van der Waals surface area contributed by atoms with Crippen LogP contribution in [0.4, 0.5) is 13.2 Å². The lowest BCUT2D eigenvalue weighted by Crippen LogP contribution is -2.28. The molecule has 1 saturated carbocycles. The van der Waals surface area contributed by atoms with Gasteiger partial charge in [-0.2, -0.15) is 21.6 Å². The number of hydrogen-bond donors (Lipinski definition) is 0. The summed E-state index contributed by atoms with van der Waals surface area (Å²) in [5, 5.41) is 0. The first-order valence-corrected chi connectivity index (χ1v) is 7.74. The number of halogens is 3. The van der Waals surface area contributed by atoms with Gasteiger partial charge in [-0.3, -0.25) is 0 Å². The average molecular weight is 306 g/mol. The van der Waals surface area contributed by atoms with E-state index in [4.69, 9.17) is 0 Å². The fourth-order valence-electron chi connectivity index (χ4n) is 3.19. The van der Waals surface area contributed by atoms with Gasteiger partial charge in [0.1, 0.15) is 5.75 Å². The minimum absolute atomic E-state index is 0.169. The quantitative estimate of drug-likeness (QED) is 0.622. The van der Waals surface area contributed by atoms with Crippen molar-refractivity contribution in [1.82, 2.24) is 0 Å². The van der Waals surface area contributed by atoms with Gasteiger partial charge in [0.15, 0.2) is 0 Å². The standard InChI is InChI=1S/C13H13F3O3S/c1-7-2-5-11(19-20(17,18)13(14,15)16)10-6-8-3-4-9(8)12(7)10/h2,5,8-9H,3-4,6H2,1H3. The molecule has 0 heterocycles. The molecule has 2 aliphatic rings. The SMILES string of the molecule is Cc1ccc(OS(=O)(=O)C(F)(F)F)c2c1C1CCC1C2. The minimum atomic E-state index is -5.60. The highest BCUT2D eigenvalue weighted by Gasteiger charge is 2.49. The number of aryl methyl sites for hydroxylation is 1. The third-order valence-corrected chi connectivity index (χ3v) is 5.24. The van der Waals surface area contributed by atoms with E-state index in [0.717, 1.165) is 24.0 Å². The fourth-order valence-corrected chi connectivity index (χ4v) is 3.67. The largest absolute Gasteiger partial charge is 0.534 e. The fraction of sp³-hybridized carbons (Fsp3) is 0.538. The second-order valence-corrected chi connectivity index (χ2v) is 6.94.